The van der Waals surface area contributed by atoms with Crippen LogP contribution in [0, 0.1) is 5.92 Å². The molecule has 4 atom stereocenters. The molecule has 3 nitrogen and oxygen atoms in total. The van der Waals surface area contributed by atoms with Gasteiger partial charge in [-0.1, -0.05) is 20.3 Å². The summed E-state index contributed by atoms with van der Waals surface area (Å²) in [4.78, 5) is 0. The molecule has 15 heavy (non-hydrogen) atoms. The van der Waals surface area contributed by atoms with Crippen molar-refractivity contribution in [2.24, 2.45) is 5.92 Å². The molecule has 0 saturated heterocycles. The summed E-state index contributed by atoms with van der Waals surface area (Å²) in [6.45, 7) is 7.77. The molecule has 0 amide bonds. The zero-order valence-electron chi connectivity index (χ0n) is 10.1. The Kier molecular flexibility index (Phi) is 5.58. The molecule has 0 aromatic rings. The minimum atomic E-state index is -0.323. The third-order valence-electron chi connectivity index (χ3n) is 2.95. The SMILES string of the molecule is CCCC(C)COC1CC(O)C1OCC. The number of rotatable bonds is 7. The van der Waals surface area contributed by atoms with Crippen LogP contribution in [0.15, 0.2) is 0 Å². The molecular formula is C12H24O3. The highest BCUT2D eigenvalue weighted by atomic mass is 16.6. The quantitative estimate of drug-likeness (QED) is 0.707. The summed E-state index contributed by atoms with van der Waals surface area (Å²) in [5, 5.41) is 9.47. The van der Waals surface area contributed by atoms with Gasteiger partial charge in [-0.2, -0.15) is 0 Å². The minimum absolute atomic E-state index is 0.0937. The van der Waals surface area contributed by atoms with E-state index in [0.717, 1.165) is 13.0 Å². The third kappa shape index (κ3) is 3.74. The van der Waals surface area contributed by atoms with Crippen LogP contribution in [0.1, 0.15) is 40.0 Å². The highest BCUT2D eigenvalue weighted by molar-refractivity contribution is 4.92. The van der Waals surface area contributed by atoms with E-state index in [4.69, 9.17) is 9.47 Å². The van der Waals surface area contributed by atoms with Gasteiger partial charge in [0.05, 0.1) is 12.2 Å². The Labute approximate surface area is 92.8 Å². The standard InChI is InChI=1S/C12H24O3/c1-4-6-9(3)8-15-11-7-10(13)12(11)14-5-2/h9-13H,4-8H2,1-3H3. The molecule has 0 spiro atoms. The van der Waals surface area contributed by atoms with E-state index in [1.165, 1.54) is 12.8 Å². The van der Waals surface area contributed by atoms with Crippen LogP contribution in [0.25, 0.3) is 0 Å². The van der Waals surface area contributed by atoms with Gasteiger partial charge in [0, 0.05) is 19.6 Å². The van der Waals surface area contributed by atoms with Crippen LogP contribution in [0.2, 0.25) is 0 Å². The fourth-order valence-corrected chi connectivity index (χ4v) is 2.00. The van der Waals surface area contributed by atoms with E-state index in [2.05, 4.69) is 13.8 Å². The van der Waals surface area contributed by atoms with E-state index < -0.39 is 0 Å². The van der Waals surface area contributed by atoms with Gasteiger partial charge in [0.1, 0.15) is 6.10 Å². The summed E-state index contributed by atoms with van der Waals surface area (Å²) in [5.74, 6) is 0.606. The van der Waals surface area contributed by atoms with Crippen molar-refractivity contribution in [1.29, 1.82) is 0 Å². The van der Waals surface area contributed by atoms with Gasteiger partial charge in [-0.25, -0.2) is 0 Å². The van der Waals surface area contributed by atoms with E-state index in [-0.39, 0.29) is 18.3 Å². The number of aliphatic hydroxyl groups is 1. The average molecular weight is 216 g/mol. The topological polar surface area (TPSA) is 38.7 Å². The Hall–Kier alpha value is -0.120. The van der Waals surface area contributed by atoms with Crippen LogP contribution in [0.4, 0.5) is 0 Å². The fraction of sp³-hybridized carbons (Fsp3) is 1.00. The lowest BCUT2D eigenvalue weighted by Gasteiger charge is -2.41. The molecule has 1 N–H and O–H groups in total. The molecule has 0 heterocycles. The second-order valence-electron chi connectivity index (χ2n) is 4.49. The summed E-state index contributed by atoms with van der Waals surface area (Å²) in [7, 11) is 0. The maximum absolute atomic E-state index is 9.47. The number of hydrogen-bond acceptors (Lipinski definition) is 3. The Balaban J connectivity index is 2.16. The lowest BCUT2D eigenvalue weighted by molar-refractivity contribution is -0.193. The van der Waals surface area contributed by atoms with Crippen molar-refractivity contribution in [2.75, 3.05) is 13.2 Å². The highest BCUT2D eigenvalue weighted by Gasteiger charge is 2.41. The van der Waals surface area contributed by atoms with Crippen LogP contribution in [0.5, 0.6) is 0 Å². The summed E-state index contributed by atoms with van der Waals surface area (Å²) in [5.41, 5.74) is 0. The summed E-state index contributed by atoms with van der Waals surface area (Å²) >= 11 is 0. The monoisotopic (exact) mass is 216 g/mol. The third-order valence-corrected chi connectivity index (χ3v) is 2.95. The van der Waals surface area contributed by atoms with Crippen LogP contribution >= 0.6 is 0 Å². The smallest absolute Gasteiger partial charge is 0.110 e. The van der Waals surface area contributed by atoms with Crippen molar-refractivity contribution in [3.63, 3.8) is 0 Å². The van der Waals surface area contributed by atoms with Gasteiger partial charge < -0.3 is 14.6 Å². The molecule has 3 heteroatoms. The molecule has 1 aliphatic carbocycles. The molecule has 0 aromatic carbocycles. The maximum atomic E-state index is 9.47. The van der Waals surface area contributed by atoms with Crippen molar-refractivity contribution < 1.29 is 14.6 Å². The van der Waals surface area contributed by atoms with Gasteiger partial charge in [-0.05, 0) is 19.3 Å². The van der Waals surface area contributed by atoms with Crippen molar-refractivity contribution in [3.05, 3.63) is 0 Å². The molecule has 1 aliphatic rings. The molecule has 0 aromatic heterocycles. The summed E-state index contributed by atoms with van der Waals surface area (Å²) < 4.78 is 11.2. The second kappa shape index (κ2) is 6.46. The number of ether oxygens (including phenoxy) is 2. The Bertz CT molecular complexity index is 172. The van der Waals surface area contributed by atoms with Crippen LogP contribution in [0.3, 0.4) is 0 Å². The Morgan fingerprint density at radius 1 is 1.33 bits per heavy atom. The molecule has 90 valence electrons. The molecule has 1 fully saturated rings. The normalized spacial score (nSPS) is 32.4. The Morgan fingerprint density at radius 3 is 2.60 bits per heavy atom. The van der Waals surface area contributed by atoms with Crippen molar-refractivity contribution in [2.45, 2.75) is 58.3 Å². The second-order valence-corrected chi connectivity index (χ2v) is 4.49. The van der Waals surface area contributed by atoms with Gasteiger partial charge in [-0.3, -0.25) is 0 Å². The zero-order chi connectivity index (χ0) is 11.3. The first-order valence-corrected chi connectivity index (χ1v) is 6.10. The van der Waals surface area contributed by atoms with Crippen LogP contribution in [-0.4, -0.2) is 36.6 Å². The predicted molar refractivity (Wildman–Crippen MR) is 59.8 cm³/mol. The highest BCUT2D eigenvalue weighted by Crippen LogP contribution is 2.27. The van der Waals surface area contributed by atoms with Crippen molar-refractivity contribution in [3.8, 4) is 0 Å². The Morgan fingerprint density at radius 2 is 2.07 bits per heavy atom. The molecule has 0 aliphatic heterocycles. The average Bonchev–Trinajstić information content (AvgIpc) is 2.21. The van der Waals surface area contributed by atoms with Crippen LogP contribution in [-0.2, 0) is 9.47 Å². The van der Waals surface area contributed by atoms with E-state index in [1.807, 2.05) is 6.92 Å². The molecule has 0 bridgehead atoms. The fourth-order valence-electron chi connectivity index (χ4n) is 2.00. The largest absolute Gasteiger partial charge is 0.390 e. The first-order valence-electron chi connectivity index (χ1n) is 6.10. The van der Waals surface area contributed by atoms with E-state index in [1.54, 1.807) is 0 Å². The molecule has 1 rings (SSSR count). The summed E-state index contributed by atoms with van der Waals surface area (Å²) in [6.07, 6.45) is 2.82. The van der Waals surface area contributed by atoms with E-state index in [0.29, 0.717) is 12.5 Å². The first kappa shape index (κ1) is 12.9. The number of aliphatic hydroxyl groups excluding tert-OH is 1. The first-order chi connectivity index (χ1) is 7.19. The molecule has 4 unspecified atom stereocenters. The van der Waals surface area contributed by atoms with Crippen molar-refractivity contribution in [1.82, 2.24) is 0 Å². The number of hydrogen-bond donors (Lipinski definition) is 1. The maximum Gasteiger partial charge on any atom is 0.110 e. The van der Waals surface area contributed by atoms with Crippen LogP contribution < -0.4 is 0 Å². The van der Waals surface area contributed by atoms with Crippen molar-refractivity contribution >= 4 is 0 Å². The molecule has 0 radical (unpaired) electrons. The summed E-state index contributed by atoms with van der Waals surface area (Å²) in [6, 6.07) is 0. The molecular weight excluding hydrogens is 192 g/mol. The zero-order valence-corrected chi connectivity index (χ0v) is 10.1. The van der Waals surface area contributed by atoms with E-state index >= 15 is 0 Å². The van der Waals surface area contributed by atoms with Gasteiger partial charge in [0.15, 0.2) is 0 Å². The predicted octanol–water partition coefficient (Wildman–Crippen LogP) is 1.98. The minimum Gasteiger partial charge on any atom is -0.390 e. The van der Waals surface area contributed by atoms with Gasteiger partial charge in [0.2, 0.25) is 0 Å². The lowest BCUT2D eigenvalue weighted by atomic mass is 9.88. The lowest BCUT2D eigenvalue weighted by Crippen LogP contribution is -2.54. The van der Waals surface area contributed by atoms with E-state index in [9.17, 15) is 5.11 Å². The van der Waals surface area contributed by atoms with Gasteiger partial charge in [0.25, 0.3) is 0 Å². The van der Waals surface area contributed by atoms with Gasteiger partial charge in [-0.15, -0.1) is 0 Å². The van der Waals surface area contributed by atoms with Gasteiger partial charge >= 0.3 is 0 Å². The molecule has 1 saturated carbocycles.